The van der Waals surface area contributed by atoms with Crippen molar-refractivity contribution in [1.82, 2.24) is 0 Å². The fraction of sp³-hybridized carbons (Fsp3) is 0.797. The van der Waals surface area contributed by atoms with E-state index in [1.165, 1.54) is 167 Å². The van der Waals surface area contributed by atoms with Gasteiger partial charge in [-0.05, 0) is 103 Å². The highest BCUT2D eigenvalue weighted by molar-refractivity contribution is 5.70. The van der Waals surface area contributed by atoms with Gasteiger partial charge in [-0.1, -0.05) is 223 Å². The van der Waals surface area contributed by atoms with Crippen molar-refractivity contribution in [3.05, 3.63) is 60.8 Å². The largest absolute Gasteiger partial charge is 0.462 e. The Kier molecular flexibility index (Phi) is 52.9. The van der Waals surface area contributed by atoms with Crippen LogP contribution in [0.2, 0.25) is 0 Å². The van der Waals surface area contributed by atoms with Crippen LogP contribution in [0.4, 0.5) is 0 Å². The second kappa shape index (κ2) is 54.9. The summed E-state index contributed by atoms with van der Waals surface area (Å²) < 4.78 is 17.4. The first-order chi connectivity index (χ1) is 31.6. The molecule has 0 aromatic heterocycles. The van der Waals surface area contributed by atoms with Crippen molar-refractivity contribution in [1.29, 1.82) is 0 Å². The zero-order valence-electron chi connectivity index (χ0n) is 42.8. The van der Waals surface area contributed by atoms with E-state index in [9.17, 15) is 9.59 Å². The van der Waals surface area contributed by atoms with E-state index in [1.807, 2.05) is 0 Å². The molecule has 0 aliphatic heterocycles. The Balaban J connectivity index is 4.24. The molecule has 0 rings (SSSR count). The number of carbonyl (C=O) groups excluding carboxylic acids is 2. The first-order valence-corrected chi connectivity index (χ1v) is 27.8. The first-order valence-electron chi connectivity index (χ1n) is 27.8. The molecule has 1 atom stereocenters. The predicted octanol–water partition coefficient (Wildman–Crippen LogP) is 18.9. The summed E-state index contributed by atoms with van der Waals surface area (Å²) >= 11 is 0. The van der Waals surface area contributed by atoms with E-state index in [2.05, 4.69) is 81.5 Å². The maximum absolute atomic E-state index is 12.8. The molecule has 372 valence electrons. The molecule has 0 spiro atoms. The van der Waals surface area contributed by atoms with Crippen LogP contribution < -0.4 is 0 Å². The molecule has 0 aromatic rings. The SMILES string of the molecule is CCCC/C=C\CCCCCCCC(=O)OC(COCCCCCCCCCC/C=C\CCCCCCCC)COC(=O)CCCCCCCC/C=C\C/C=C\C/C=C\CCCCC. The van der Waals surface area contributed by atoms with Gasteiger partial charge in [-0.25, -0.2) is 0 Å². The van der Waals surface area contributed by atoms with E-state index >= 15 is 0 Å². The van der Waals surface area contributed by atoms with Crippen LogP contribution in [-0.4, -0.2) is 37.9 Å². The molecule has 0 heterocycles. The van der Waals surface area contributed by atoms with Gasteiger partial charge in [0.15, 0.2) is 6.10 Å². The molecule has 0 aliphatic carbocycles. The van der Waals surface area contributed by atoms with Gasteiger partial charge >= 0.3 is 11.9 Å². The third kappa shape index (κ3) is 52.2. The first kappa shape index (κ1) is 61.6. The van der Waals surface area contributed by atoms with Gasteiger partial charge in [-0.15, -0.1) is 0 Å². The predicted molar refractivity (Wildman–Crippen MR) is 279 cm³/mol. The van der Waals surface area contributed by atoms with Gasteiger partial charge in [0.1, 0.15) is 6.61 Å². The molecular formula is C59H106O5. The molecule has 0 N–H and O–H groups in total. The Labute approximate surface area is 398 Å². The lowest BCUT2D eigenvalue weighted by Crippen LogP contribution is -2.30. The number of rotatable bonds is 51. The maximum Gasteiger partial charge on any atom is 0.306 e. The normalized spacial score (nSPS) is 12.6. The Bertz CT molecular complexity index is 1100. The molecule has 0 aromatic carbocycles. The van der Waals surface area contributed by atoms with Crippen molar-refractivity contribution in [3.63, 3.8) is 0 Å². The van der Waals surface area contributed by atoms with Crippen LogP contribution in [0.1, 0.15) is 278 Å². The van der Waals surface area contributed by atoms with Crippen molar-refractivity contribution >= 4 is 11.9 Å². The summed E-state index contributed by atoms with van der Waals surface area (Å²) in [7, 11) is 0. The van der Waals surface area contributed by atoms with Crippen LogP contribution >= 0.6 is 0 Å². The Morgan fingerprint density at radius 1 is 0.344 bits per heavy atom. The molecule has 0 bridgehead atoms. The Morgan fingerprint density at radius 3 is 1.14 bits per heavy atom. The van der Waals surface area contributed by atoms with Crippen LogP contribution in [0.25, 0.3) is 0 Å². The zero-order valence-corrected chi connectivity index (χ0v) is 42.8. The second-order valence-electron chi connectivity index (χ2n) is 18.5. The van der Waals surface area contributed by atoms with Gasteiger partial charge < -0.3 is 14.2 Å². The van der Waals surface area contributed by atoms with E-state index in [0.29, 0.717) is 19.4 Å². The minimum atomic E-state index is -0.548. The zero-order chi connectivity index (χ0) is 46.3. The van der Waals surface area contributed by atoms with Crippen LogP contribution in [0.5, 0.6) is 0 Å². The molecule has 0 amide bonds. The van der Waals surface area contributed by atoms with Crippen molar-refractivity contribution in [2.75, 3.05) is 19.8 Å². The van der Waals surface area contributed by atoms with Gasteiger partial charge in [-0.2, -0.15) is 0 Å². The van der Waals surface area contributed by atoms with E-state index in [1.54, 1.807) is 0 Å². The summed E-state index contributed by atoms with van der Waals surface area (Å²) in [6.07, 6.45) is 69.5. The summed E-state index contributed by atoms with van der Waals surface area (Å²) in [5.74, 6) is -0.417. The van der Waals surface area contributed by atoms with Gasteiger partial charge in [0.05, 0.1) is 6.61 Å². The molecular weight excluding hydrogens is 789 g/mol. The summed E-state index contributed by atoms with van der Waals surface area (Å²) in [4.78, 5) is 25.4. The lowest BCUT2D eigenvalue weighted by atomic mass is 10.1. The summed E-state index contributed by atoms with van der Waals surface area (Å²) in [6, 6.07) is 0. The number of unbranched alkanes of at least 4 members (excludes halogenated alkanes) is 30. The van der Waals surface area contributed by atoms with E-state index in [0.717, 1.165) is 77.0 Å². The molecule has 0 radical (unpaired) electrons. The molecule has 0 fully saturated rings. The highest BCUT2D eigenvalue weighted by Crippen LogP contribution is 2.14. The molecule has 64 heavy (non-hydrogen) atoms. The maximum atomic E-state index is 12.8. The average molecular weight is 895 g/mol. The number of esters is 2. The van der Waals surface area contributed by atoms with Crippen LogP contribution in [0, 0.1) is 0 Å². The van der Waals surface area contributed by atoms with Crippen LogP contribution in [0.15, 0.2) is 60.8 Å². The molecule has 5 nitrogen and oxygen atoms in total. The number of hydrogen-bond donors (Lipinski definition) is 0. The van der Waals surface area contributed by atoms with Crippen molar-refractivity contribution in [2.45, 2.75) is 284 Å². The third-order valence-corrected chi connectivity index (χ3v) is 12.0. The van der Waals surface area contributed by atoms with Crippen molar-refractivity contribution < 1.29 is 23.8 Å². The van der Waals surface area contributed by atoms with Gasteiger partial charge in [0, 0.05) is 19.4 Å². The molecule has 5 heteroatoms. The number of carbonyl (C=O) groups is 2. The topological polar surface area (TPSA) is 61.8 Å². The van der Waals surface area contributed by atoms with Crippen molar-refractivity contribution in [2.24, 2.45) is 0 Å². The van der Waals surface area contributed by atoms with E-state index < -0.39 is 6.10 Å². The van der Waals surface area contributed by atoms with Crippen LogP contribution in [-0.2, 0) is 23.8 Å². The Morgan fingerprint density at radius 2 is 0.672 bits per heavy atom. The highest BCUT2D eigenvalue weighted by atomic mass is 16.6. The lowest BCUT2D eigenvalue weighted by Gasteiger charge is -2.18. The fourth-order valence-corrected chi connectivity index (χ4v) is 7.79. The second-order valence-corrected chi connectivity index (χ2v) is 18.5. The van der Waals surface area contributed by atoms with Gasteiger partial charge in [0.25, 0.3) is 0 Å². The summed E-state index contributed by atoms with van der Waals surface area (Å²) in [5.41, 5.74) is 0. The minimum absolute atomic E-state index is 0.0742. The highest BCUT2D eigenvalue weighted by Gasteiger charge is 2.17. The number of hydrogen-bond acceptors (Lipinski definition) is 5. The molecule has 0 saturated carbocycles. The van der Waals surface area contributed by atoms with Gasteiger partial charge in [0.2, 0.25) is 0 Å². The minimum Gasteiger partial charge on any atom is -0.462 e. The number of ether oxygens (including phenoxy) is 3. The number of allylic oxidation sites excluding steroid dienone is 10. The molecule has 0 saturated heterocycles. The lowest BCUT2D eigenvalue weighted by molar-refractivity contribution is -0.163. The summed E-state index contributed by atoms with van der Waals surface area (Å²) in [5, 5.41) is 0. The van der Waals surface area contributed by atoms with E-state index in [4.69, 9.17) is 14.2 Å². The van der Waals surface area contributed by atoms with Gasteiger partial charge in [-0.3, -0.25) is 9.59 Å². The van der Waals surface area contributed by atoms with Crippen LogP contribution in [0.3, 0.4) is 0 Å². The fourth-order valence-electron chi connectivity index (χ4n) is 7.79. The van der Waals surface area contributed by atoms with E-state index in [-0.39, 0.29) is 25.2 Å². The summed E-state index contributed by atoms with van der Waals surface area (Å²) in [6.45, 7) is 7.76. The smallest absolute Gasteiger partial charge is 0.306 e. The molecule has 0 aliphatic rings. The molecule has 1 unspecified atom stereocenters. The standard InChI is InChI=1S/C59H106O5/c1-4-7-10-13-16-19-22-24-26-28-30-31-33-35-38-40-43-46-49-52-58(60)63-56-57(64-59(61)53-50-47-44-41-37-21-18-15-12-9-6-3)55-62-54-51-48-45-42-39-36-34-32-29-27-25-23-20-17-14-11-8-5-2/h15-16,18-19,24-27,30-31,57H,4-14,17,20-23,28-29,32-56H2,1-3H3/b18-15-,19-16-,26-24-,27-25-,31-30-. The Hall–Kier alpha value is -2.40. The quantitative estimate of drug-likeness (QED) is 0.0346. The monoisotopic (exact) mass is 895 g/mol. The third-order valence-electron chi connectivity index (χ3n) is 12.0. The van der Waals surface area contributed by atoms with Crippen molar-refractivity contribution in [3.8, 4) is 0 Å². The average Bonchev–Trinajstić information content (AvgIpc) is 3.30.